The van der Waals surface area contributed by atoms with E-state index in [1.807, 2.05) is 14.1 Å². The van der Waals surface area contributed by atoms with Crippen molar-refractivity contribution in [3.63, 3.8) is 0 Å². The van der Waals surface area contributed by atoms with Gasteiger partial charge in [-0.05, 0) is 13.8 Å². The first kappa shape index (κ1) is 18.4. The summed E-state index contributed by atoms with van der Waals surface area (Å²) in [6.07, 6.45) is 0.750. The Morgan fingerprint density at radius 2 is 1.35 bits per heavy atom. The number of rotatable bonds is 9. The molecule has 0 amide bonds. The van der Waals surface area contributed by atoms with Crippen molar-refractivity contribution in [3.05, 3.63) is 24.3 Å². The van der Waals surface area contributed by atoms with Gasteiger partial charge in [0, 0.05) is 17.6 Å². The van der Waals surface area contributed by atoms with Gasteiger partial charge in [-0.25, -0.2) is 9.59 Å². The highest BCUT2D eigenvalue weighted by Gasteiger charge is 2.16. The molecule has 0 saturated carbocycles. The lowest BCUT2D eigenvalue weighted by Crippen LogP contribution is -2.43. The summed E-state index contributed by atoms with van der Waals surface area (Å²) in [7, 11) is 4.07. The van der Waals surface area contributed by atoms with Crippen LogP contribution in [-0.2, 0) is 19.1 Å². The Kier molecular flexibility index (Phi) is 7.84. The lowest BCUT2D eigenvalue weighted by Gasteiger charge is -2.29. The molecule has 114 valence electrons. The standard InChI is InChI=1S/C15H26NO4/c1-12(2)14(17)19-10-7-8-16(5,6)9-11-20-15(18)13(3)4/h1,3,7-11H2,2,4-6H3/q+1. The number of hydrogen-bond donors (Lipinski definition) is 0. The summed E-state index contributed by atoms with van der Waals surface area (Å²) in [5.74, 6) is -0.717. The Bertz CT molecular complexity index is 385. The summed E-state index contributed by atoms with van der Waals surface area (Å²) in [6, 6.07) is 0. The van der Waals surface area contributed by atoms with E-state index < -0.39 is 0 Å². The maximum absolute atomic E-state index is 11.2. The van der Waals surface area contributed by atoms with Crippen molar-refractivity contribution < 1.29 is 23.5 Å². The van der Waals surface area contributed by atoms with Gasteiger partial charge >= 0.3 is 11.9 Å². The van der Waals surface area contributed by atoms with Gasteiger partial charge in [-0.15, -0.1) is 0 Å². The van der Waals surface area contributed by atoms with Crippen LogP contribution in [0.5, 0.6) is 0 Å². The molecule has 0 saturated heterocycles. The zero-order valence-corrected chi connectivity index (χ0v) is 13.0. The van der Waals surface area contributed by atoms with Gasteiger partial charge in [0.05, 0.1) is 27.2 Å². The second-order valence-electron chi connectivity index (χ2n) is 5.57. The number of carbonyl (C=O) groups excluding carboxylic acids is 2. The first-order chi connectivity index (χ1) is 9.15. The van der Waals surface area contributed by atoms with Gasteiger partial charge in [0.1, 0.15) is 13.2 Å². The van der Waals surface area contributed by atoms with E-state index >= 15 is 0 Å². The van der Waals surface area contributed by atoms with Crippen molar-refractivity contribution in [3.8, 4) is 0 Å². The third kappa shape index (κ3) is 8.48. The fraction of sp³-hybridized carbons (Fsp3) is 0.600. The molecule has 5 heteroatoms. The van der Waals surface area contributed by atoms with E-state index in [9.17, 15) is 9.59 Å². The first-order valence-corrected chi connectivity index (χ1v) is 6.63. The summed E-state index contributed by atoms with van der Waals surface area (Å²) in [6.45, 7) is 12.5. The van der Waals surface area contributed by atoms with Crippen LogP contribution in [0.4, 0.5) is 0 Å². The van der Waals surface area contributed by atoms with Gasteiger partial charge in [-0.3, -0.25) is 0 Å². The second-order valence-corrected chi connectivity index (χ2v) is 5.57. The molecule has 0 rings (SSSR count). The number of quaternary nitrogens is 1. The predicted octanol–water partition coefficient (Wildman–Crippen LogP) is 1.69. The third-order valence-corrected chi connectivity index (χ3v) is 2.77. The Labute approximate surface area is 121 Å². The van der Waals surface area contributed by atoms with Gasteiger partial charge in [-0.1, -0.05) is 13.2 Å². The van der Waals surface area contributed by atoms with E-state index in [0.717, 1.165) is 13.0 Å². The monoisotopic (exact) mass is 284 g/mol. The predicted molar refractivity (Wildman–Crippen MR) is 78.0 cm³/mol. The van der Waals surface area contributed by atoms with E-state index in [0.29, 0.717) is 35.4 Å². The van der Waals surface area contributed by atoms with Crippen LogP contribution in [0.3, 0.4) is 0 Å². The minimum Gasteiger partial charge on any atom is -0.462 e. The molecule has 0 N–H and O–H groups in total. The Hall–Kier alpha value is -1.62. The van der Waals surface area contributed by atoms with Crippen LogP contribution < -0.4 is 0 Å². The average molecular weight is 284 g/mol. The van der Waals surface area contributed by atoms with Crippen LogP contribution in [0, 0.1) is 0 Å². The van der Waals surface area contributed by atoms with Gasteiger partial charge in [0.2, 0.25) is 0 Å². The van der Waals surface area contributed by atoms with Gasteiger partial charge in [0.25, 0.3) is 0 Å². The maximum atomic E-state index is 11.2. The number of hydrogen-bond acceptors (Lipinski definition) is 4. The molecular formula is C15H26NO4+. The molecule has 0 fully saturated rings. The van der Waals surface area contributed by atoms with Crippen molar-refractivity contribution in [2.45, 2.75) is 20.3 Å². The third-order valence-electron chi connectivity index (χ3n) is 2.77. The van der Waals surface area contributed by atoms with E-state index in [4.69, 9.17) is 9.47 Å². The van der Waals surface area contributed by atoms with Gasteiger partial charge < -0.3 is 14.0 Å². The summed E-state index contributed by atoms with van der Waals surface area (Å²) >= 11 is 0. The Morgan fingerprint density at radius 1 is 0.900 bits per heavy atom. The van der Waals surface area contributed by atoms with Gasteiger partial charge in [0.15, 0.2) is 0 Å². The first-order valence-electron chi connectivity index (χ1n) is 6.63. The van der Waals surface area contributed by atoms with Crippen molar-refractivity contribution in [1.82, 2.24) is 0 Å². The van der Waals surface area contributed by atoms with Crippen LogP contribution in [0.2, 0.25) is 0 Å². The summed E-state index contributed by atoms with van der Waals surface area (Å²) in [5.41, 5.74) is 0.812. The molecule has 0 spiro atoms. The second kappa shape index (κ2) is 8.53. The van der Waals surface area contributed by atoms with Crippen LogP contribution in [0.25, 0.3) is 0 Å². The normalized spacial score (nSPS) is 10.8. The van der Waals surface area contributed by atoms with Crippen molar-refractivity contribution >= 4 is 11.9 Å². The lowest BCUT2D eigenvalue weighted by atomic mass is 10.3. The van der Waals surface area contributed by atoms with Crippen molar-refractivity contribution in [2.75, 3.05) is 40.4 Å². The maximum Gasteiger partial charge on any atom is 0.333 e. The SMILES string of the molecule is C=C(C)C(=O)OCCC[N+](C)(C)CCOC(=O)C(=C)C. The number of carbonyl (C=O) groups is 2. The fourth-order valence-electron chi connectivity index (χ4n) is 1.40. The smallest absolute Gasteiger partial charge is 0.333 e. The van der Waals surface area contributed by atoms with E-state index in [1.54, 1.807) is 13.8 Å². The summed E-state index contributed by atoms with van der Waals surface area (Å²) in [5, 5.41) is 0. The Balaban J connectivity index is 3.84. The van der Waals surface area contributed by atoms with Crippen LogP contribution in [0.15, 0.2) is 24.3 Å². The highest BCUT2D eigenvalue weighted by atomic mass is 16.5. The lowest BCUT2D eigenvalue weighted by molar-refractivity contribution is -0.890. The fourth-order valence-corrected chi connectivity index (χ4v) is 1.40. The zero-order chi connectivity index (χ0) is 15.8. The molecule has 0 bridgehead atoms. The topological polar surface area (TPSA) is 52.6 Å². The molecule has 5 nitrogen and oxygen atoms in total. The van der Waals surface area contributed by atoms with Crippen LogP contribution >= 0.6 is 0 Å². The molecule has 0 radical (unpaired) electrons. The number of ether oxygens (including phenoxy) is 2. The molecule has 0 aromatic heterocycles. The van der Waals surface area contributed by atoms with Crippen molar-refractivity contribution in [2.24, 2.45) is 0 Å². The van der Waals surface area contributed by atoms with E-state index in [-0.39, 0.29) is 11.9 Å². The molecule has 0 aliphatic carbocycles. The quantitative estimate of drug-likeness (QED) is 0.280. The minimum absolute atomic E-state index is 0.351. The molecular weight excluding hydrogens is 258 g/mol. The molecule has 20 heavy (non-hydrogen) atoms. The minimum atomic E-state index is -0.361. The molecule has 0 atom stereocenters. The summed E-state index contributed by atoms with van der Waals surface area (Å²) < 4.78 is 10.8. The van der Waals surface area contributed by atoms with Crippen LogP contribution in [0.1, 0.15) is 20.3 Å². The number of esters is 2. The highest BCUT2D eigenvalue weighted by Crippen LogP contribution is 2.02. The Morgan fingerprint density at radius 3 is 1.80 bits per heavy atom. The molecule has 0 aromatic carbocycles. The van der Waals surface area contributed by atoms with Crippen molar-refractivity contribution in [1.29, 1.82) is 0 Å². The molecule has 0 aliphatic heterocycles. The molecule has 0 aromatic rings. The molecule has 0 unspecified atom stereocenters. The van der Waals surface area contributed by atoms with E-state index in [2.05, 4.69) is 13.2 Å². The highest BCUT2D eigenvalue weighted by molar-refractivity contribution is 5.87. The number of nitrogens with zero attached hydrogens (tertiary/aromatic N) is 1. The zero-order valence-electron chi connectivity index (χ0n) is 13.0. The summed E-state index contributed by atoms with van der Waals surface area (Å²) in [4.78, 5) is 22.4. The molecule has 0 aliphatic rings. The molecule has 0 heterocycles. The van der Waals surface area contributed by atoms with E-state index in [1.165, 1.54) is 0 Å². The number of likely N-dealkylation sites (N-methyl/N-ethyl adjacent to an activating group) is 1. The average Bonchev–Trinajstić information content (AvgIpc) is 2.33. The van der Waals surface area contributed by atoms with Crippen LogP contribution in [-0.4, -0.2) is 56.8 Å². The van der Waals surface area contributed by atoms with Gasteiger partial charge in [-0.2, -0.15) is 0 Å². The largest absolute Gasteiger partial charge is 0.462 e.